The maximum Gasteiger partial charge on any atom is 0.306 e. The minimum Gasteiger partial charge on any atom is -0.462 e. The fourth-order valence-corrected chi connectivity index (χ4v) is 14.6. The summed E-state index contributed by atoms with van der Waals surface area (Å²) in [6, 6.07) is 0. The molecule has 80 heavy (non-hydrogen) atoms. The predicted octanol–water partition coefficient (Wildman–Crippen LogP) is 19.5. The van der Waals surface area contributed by atoms with Crippen molar-refractivity contribution in [2.75, 3.05) is 26.4 Å². The Morgan fingerprint density at radius 1 is 0.500 bits per heavy atom. The number of carbonyl (C=O) groups excluding carboxylic acids is 3. The van der Waals surface area contributed by atoms with Crippen LogP contribution in [0.5, 0.6) is 0 Å². The van der Waals surface area contributed by atoms with Crippen molar-refractivity contribution in [1.82, 2.24) is 0 Å². The first-order chi connectivity index (χ1) is 39.4. The van der Waals surface area contributed by atoms with Gasteiger partial charge in [-0.05, 0) is 89.4 Å². The van der Waals surface area contributed by atoms with Crippen molar-refractivity contribution < 1.29 is 47.5 Å². The van der Waals surface area contributed by atoms with Gasteiger partial charge in [0.05, 0.1) is 12.2 Å². The van der Waals surface area contributed by atoms with Gasteiger partial charge in [0.2, 0.25) is 0 Å². The monoisotopic (exact) mass is 1140 g/mol. The van der Waals surface area contributed by atoms with Crippen molar-refractivity contribution in [2.24, 2.45) is 11.8 Å². The van der Waals surface area contributed by atoms with Gasteiger partial charge < -0.3 is 33.2 Å². The van der Waals surface area contributed by atoms with Crippen molar-refractivity contribution in [3.05, 3.63) is 12.2 Å². The van der Waals surface area contributed by atoms with E-state index >= 15 is 0 Å². The summed E-state index contributed by atoms with van der Waals surface area (Å²) in [7, 11) is 0. The Balaban J connectivity index is 1.17. The fourth-order valence-electron chi connectivity index (χ4n) is 12.6. The van der Waals surface area contributed by atoms with Crippen LogP contribution in [0.15, 0.2) is 12.2 Å². The van der Waals surface area contributed by atoms with Crippen molar-refractivity contribution in [3.8, 4) is 0 Å². The van der Waals surface area contributed by atoms with Crippen LogP contribution in [0.1, 0.15) is 329 Å². The Labute approximate surface area is 495 Å². The van der Waals surface area contributed by atoms with Crippen LogP contribution in [0.25, 0.3) is 0 Å². The van der Waals surface area contributed by atoms with E-state index < -0.39 is 6.10 Å². The molecule has 0 bridgehead atoms. The minimum atomic E-state index is -0.812. The summed E-state index contributed by atoms with van der Waals surface area (Å²) in [5.41, 5.74) is 0. The quantitative estimate of drug-likeness (QED) is 0.0251. The summed E-state index contributed by atoms with van der Waals surface area (Å²) in [5.74, 6) is -0.0404. The zero-order valence-electron chi connectivity index (χ0n) is 52.1. The van der Waals surface area contributed by atoms with Gasteiger partial charge in [0.15, 0.2) is 18.7 Å². The summed E-state index contributed by atoms with van der Waals surface area (Å²) in [6.07, 6.45) is 59.0. The third-order valence-electron chi connectivity index (χ3n) is 17.6. The van der Waals surface area contributed by atoms with Crippen LogP contribution in [0, 0.1) is 11.8 Å². The van der Waals surface area contributed by atoms with Gasteiger partial charge >= 0.3 is 17.9 Å². The summed E-state index contributed by atoms with van der Waals surface area (Å²) >= 11 is 2.13. The molecule has 3 aliphatic heterocycles. The van der Waals surface area contributed by atoms with Crippen LogP contribution in [0.3, 0.4) is 0 Å². The molecule has 0 aromatic carbocycles. The molecule has 466 valence electrons. The maximum atomic E-state index is 13.4. The minimum absolute atomic E-state index is 0.0471. The van der Waals surface area contributed by atoms with Gasteiger partial charge in [0.25, 0.3) is 0 Å². The van der Waals surface area contributed by atoms with Gasteiger partial charge in [-0.25, -0.2) is 0 Å². The molecule has 0 aromatic heterocycles. The number of fused-ring (bicyclic) bond motifs is 1. The highest BCUT2D eigenvalue weighted by molar-refractivity contribution is 8.00. The van der Waals surface area contributed by atoms with Gasteiger partial charge in [-0.2, -0.15) is 11.8 Å². The summed E-state index contributed by atoms with van der Waals surface area (Å²) in [6.45, 7) is 8.19. The predicted molar refractivity (Wildman–Crippen MR) is 331 cm³/mol. The number of hydrogen-bond acceptors (Lipinski definition) is 11. The number of carbonyl (C=O) groups is 3. The second kappa shape index (κ2) is 48.6. The number of hydrogen-bond donors (Lipinski definition) is 0. The van der Waals surface area contributed by atoms with Crippen molar-refractivity contribution in [2.45, 2.75) is 370 Å². The summed E-state index contributed by atoms with van der Waals surface area (Å²) < 4.78 is 42.8. The topological polar surface area (TPSA) is 116 Å². The Hall–Kier alpha value is -1.66. The molecule has 0 spiro atoms. The molecule has 0 N–H and O–H groups in total. The number of esters is 3. The highest BCUT2D eigenvalue weighted by Gasteiger charge is 2.49. The SMILES string of the molecule is CCCCCCCCCCCCCCCCCC(=O)OCC(COC(=O)CCCCCCCCCCCCCCCCC)OC(=O)CCCCC1C[C@@H]2[C@@H](/C=C/[C@H](CCCCC)OC3CCCCO3)[C@H](OC3CCCCO3)C[C@@H]2S1. The van der Waals surface area contributed by atoms with E-state index in [0.29, 0.717) is 35.2 Å². The molecule has 0 radical (unpaired) electrons. The molecule has 8 atom stereocenters. The lowest BCUT2D eigenvalue weighted by Crippen LogP contribution is -2.31. The van der Waals surface area contributed by atoms with Crippen LogP contribution in [0.4, 0.5) is 0 Å². The fraction of sp³-hybridized carbons (Fsp3) is 0.928. The molecule has 11 heteroatoms. The Morgan fingerprint density at radius 3 is 1.41 bits per heavy atom. The van der Waals surface area contributed by atoms with Crippen molar-refractivity contribution >= 4 is 29.7 Å². The smallest absolute Gasteiger partial charge is 0.306 e. The normalized spacial score (nSPS) is 22.5. The first-order valence-electron chi connectivity index (χ1n) is 34.8. The Bertz CT molecular complexity index is 1460. The second-order valence-electron chi connectivity index (χ2n) is 25.0. The van der Waals surface area contributed by atoms with E-state index in [1.165, 1.54) is 167 Å². The van der Waals surface area contributed by atoms with Crippen LogP contribution >= 0.6 is 11.8 Å². The second-order valence-corrected chi connectivity index (χ2v) is 26.5. The van der Waals surface area contributed by atoms with Gasteiger partial charge in [0.1, 0.15) is 13.2 Å². The molecular formula is C69H124O10S. The van der Waals surface area contributed by atoms with E-state index in [9.17, 15) is 14.4 Å². The van der Waals surface area contributed by atoms with Crippen molar-refractivity contribution in [3.63, 3.8) is 0 Å². The maximum absolute atomic E-state index is 13.4. The molecule has 4 rings (SSSR count). The van der Waals surface area contributed by atoms with Gasteiger partial charge in [-0.15, -0.1) is 0 Å². The van der Waals surface area contributed by atoms with Crippen molar-refractivity contribution in [1.29, 1.82) is 0 Å². The van der Waals surface area contributed by atoms with E-state index in [4.69, 9.17) is 33.2 Å². The highest BCUT2D eigenvalue weighted by atomic mass is 32.2. The first kappa shape index (κ1) is 70.8. The van der Waals surface area contributed by atoms with Gasteiger partial charge in [-0.3, -0.25) is 14.4 Å². The lowest BCUT2D eigenvalue weighted by Gasteiger charge is -2.30. The molecule has 0 amide bonds. The number of thioether (sulfide) groups is 1. The van der Waals surface area contributed by atoms with E-state index in [-0.39, 0.29) is 62.3 Å². The highest BCUT2D eigenvalue weighted by Crippen LogP contribution is 2.53. The average Bonchev–Trinajstić information content (AvgIpc) is 4.12. The lowest BCUT2D eigenvalue weighted by atomic mass is 9.88. The first-order valence-corrected chi connectivity index (χ1v) is 35.7. The third kappa shape index (κ3) is 35.0. The lowest BCUT2D eigenvalue weighted by molar-refractivity contribution is -0.192. The van der Waals surface area contributed by atoms with Gasteiger partial charge in [-0.1, -0.05) is 238 Å². The van der Waals surface area contributed by atoms with E-state index in [1.54, 1.807) is 0 Å². The van der Waals surface area contributed by atoms with E-state index in [1.807, 2.05) is 0 Å². The van der Waals surface area contributed by atoms with E-state index in [0.717, 1.165) is 135 Å². The zero-order valence-corrected chi connectivity index (χ0v) is 52.9. The third-order valence-corrected chi connectivity index (χ3v) is 19.3. The standard InChI is InChI=1S/C69H124O10S/c1-4-7-10-12-14-16-18-20-22-24-26-28-30-32-35-45-65(70)75-56-59(57-76-66(71)46-36-33-31-29-27-25-23-21-19-17-15-13-11-8-5-2)77-67(72)47-38-37-44-60-54-62-61(63(55-64(62)80-60)79-69-49-40-42-53-74-69)51-50-58(43-34-9-6-3)78-68-48-39-41-52-73-68/h50-51,58-64,68-69H,4-49,52-57H2,1-3H3/b51-50+/t58-,60?,61+,62+,63+,64-,68?,69?/m0/s1. The molecule has 1 saturated carbocycles. The Kier molecular flexibility index (Phi) is 43.0. The van der Waals surface area contributed by atoms with Crippen LogP contribution in [-0.2, 0) is 47.5 Å². The van der Waals surface area contributed by atoms with E-state index in [2.05, 4.69) is 44.7 Å². The molecule has 4 fully saturated rings. The molecule has 3 unspecified atom stereocenters. The number of ether oxygens (including phenoxy) is 7. The van der Waals surface area contributed by atoms with Crippen LogP contribution < -0.4 is 0 Å². The van der Waals surface area contributed by atoms with Gasteiger partial charge in [0, 0.05) is 48.9 Å². The number of rotatable bonds is 52. The molecule has 1 aliphatic carbocycles. The molecule has 10 nitrogen and oxygen atoms in total. The molecule has 4 aliphatic rings. The molecular weight excluding hydrogens is 1020 g/mol. The van der Waals surface area contributed by atoms with Crippen LogP contribution in [0.2, 0.25) is 0 Å². The zero-order chi connectivity index (χ0) is 56.8. The molecule has 3 saturated heterocycles. The average molecular weight is 1150 g/mol. The summed E-state index contributed by atoms with van der Waals surface area (Å²) in [4.78, 5) is 39.2. The summed E-state index contributed by atoms with van der Waals surface area (Å²) in [5, 5.41) is 1.08. The van der Waals surface area contributed by atoms with Crippen LogP contribution in [-0.4, -0.2) is 85.7 Å². The largest absolute Gasteiger partial charge is 0.462 e. The molecule has 3 heterocycles. The number of unbranched alkanes of at least 4 members (excludes halogenated alkanes) is 31. The Morgan fingerprint density at radius 2 is 0.938 bits per heavy atom. The molecule has 0 aromatic rings.